The van der Waals surface area contributed by atoms with Crippen LogP contribution in [0.15, 0.2) is 30.3 Å². The van der Waals surface area contributed by atoms with Gasteiger partial charge in [-0.3, -0.25) is 0 Å². The molecule has 0 saturated heterocycles. The van der Waals surface area contributed by atoms with Crippen molar-refractivity contribution in [3.8, 4) is 0 Å². The second-order valence-corrected chi connectivity index (χ2v) is 4.65. The Bertz CT molecular complexity index is 640. The maximum absolute atomic E-state index is 13.6. The van der Waals surface area contributed by atoms with Crippen molar-refractivity contribution in [3.05, 3.63) is 70.3 Å². The number of halogens is 4. The highest BCUT2D eigenvalue weighted by atomic mass is 19.2. The number of nitrogens with two attached hydrogens (primary N) is 1. The van der Waals surface area contributed by atoms with Gasteiger partial charge in [0, 0.05) is 11.6 Å². The van der Waals surface area contributed by atoms with Crippen molar-refractivity contribution in [1.29, 1.82) is 0 Å². The van der Waals surface area contributed by atoms with E-state index >= 15 is 0 Å². The molecule has 0 aromatic heterocycles. The van der Waals surface area contributed by atoms with Gasteiger partial charge in [0.1, 0.15) is 5.82 Å². The molecule has 0 heterocycles. The SMILES string of the molecule is Cc1cc(F)ccc1CC(N)c1ccc(F)c(F)c1F. The zero-order valence-corrected chi connectivity index (χ0v) is 10.8. The molecule has 0 aliphatic carbocycles. The van der Waals surface area contributed by atoms with E-state index in [9.17, 15) is 17.6 Å². The highest BCUT2D eigenvalue weighted by Gasteiger charge is 2.19. The van der Waals surface area contributed by atoms with Crippen LogP contribution in [0.4, 0.5) is 17.6 Å². The molecule has 1 atom stereocenters. The third-order valence-corrected chi connectivity index (χ3v) is 3.21. The van der Waals surface area contributed by atoms with Crippen LogP contribution in [0.3, 0.4) is 0 Å². The van der Waals surface area contributed by atoms with E-state index in [2.05, 4.69) is 0 Å². The van der Waals surface area contributed by atoms with E-state index in [1.165, 1.54) is 12.1 Å². The maximum atomic E-state index is 13.6. The highest BCUT2D eigenvalue weighted by Crippen LogP contribution is 2.24. The molecule has 20 heavy (non-hydrogen) atoms. The lowest BCUT2D eigenvalue weighted by molar-refractivity contribution is 0.435. The van der Waals surface area contributed by atoms with Crippen molar-refractivity contribution in [2.24, 2.45) is 5.73 Å². The van der Waals surface area contributed by atoms with E-state index in [1.54, 1.807) is 13.0 Å². The van der Waals surface area contributed by atoms with Crippen molar-refractivity contribution in [3.63, 3.8) is 0 Å². The van der Waals surface area contributed by atoms with Crippen LogP contribution in [0.1, 0.15) is 22.7 Å². The van der Waals surface area contributed by atoms with Gasteiger partial charge in [0.25, 0.3) is 0 Å². The first-order valence-corrected chi connectivity index (χ1v) is 6.04. The minimum Gasteiger partial charge on any atom is -0.324 e. The molecule has 0 fully saturated rings. The van der Waals surface area contributed by atoms with Gasteiger partial charge in [-0.1, -0.05) is 12.1 Å². The van der Waals surface area contributed by atoms with E-state index in [0.717, 1.165) is 17.7 Å². The van der Waals surface area contributed by atoms with Gasteiger partial charge in [-0.15, -0.1) is 0 Å². The summed E-state index contributed by atoms with van der Waals surface area (Å²) in [5.41, 5.74) is 7.12. The summed E-state index contributed by atoms with van der Waals surface area (Å²) in [6.07, 6.45) is 0.202. The monoisotopic (exact) mass is 283 g/mol. The Hall–Kier alpha value is -1.88. The Morgan fingerprint density at radius 3 is 2.35 bits per heavy atom. The molecule has 0 amide bonds. The summed E-state index contributed by atoms with van der Waals surface area (Å²) in [5, 5.41) is 0. The zero-order chi connectivity index (χ0) is 14.9. The van der Waals surface area contributed by atoms with E-state index in [0.29, 0.717) is 5.56 Å². The number of aryl methyl sites for hydroxylation is 1. The smallest absolute Gasteiger partial charge is 0.194 e. The summed E-state index contributed by atoms with van der Waals surface area (Å²) < 4.78 is 52.6. The second-order valence-electron chi connectivity index (χ2n) is 4.65. The standard InChI is InChI=1S/C15H13F4N/c1-8-6-10(16)3-2-9(8)7-13(20)11-4-5-12(17)15(19)14(11)18/h2-6,13H,7,20H2,1H3. The molecule has 0 saturated carbocycles. The molecule has 2 rings (SSSR count). The summed E-state index contributed by atoms with van der Waals surface area (Å²) in [6, 6.07) is 5.28. The Balaban J connectivity index is 2.28. The van der Waals surface area contributed by atoms with Crippen molar-refractivity contribution in [2.45, 2.75) is 19.4 Å². The van der Waals surface area contributed by atoms with Gasteiger partial charge >= 0.3 is 0 Å². The second kappa shape index (κ2) is 5.63. The first-order chi connectivity index (χ1) is 9.40. The minimum absolute atomic E-state index is 0.104. The topological polar surface area (TPSA) is 26.0 Å². The van der Waals surface area contributed by atoms with E-state index < -0.39 is 23.5 Å². The van der Waals surface area contributed by atoms with E-state index in [-0.39, 0.29) is 17.8 Å². The lowest BCUT2D eigenvalue weighted by Crippen LogP contribution is -2.16. The molecule has 0 bridgehead atoms. The fourth-order valence-corrected chi connectivity index (χ4v) is 2.06. The van der Waals surface area contributed by atoms with Crippen LogP contribution in [0.25, 0.3) is 0 Å². The summed E-state index contributed by atoms with van der Waals surface area (Å²) in [4.78, 5) is 0. The Morgan fingerprint density at radius 2 is 1.70 bits per heavy atom. The quantitative estimate of drug-likeness (QED) is 0.673. The first kappa shape index (κ1) is 14.5. The summed E-state index contributed by atoms with van der Waals surface area (Å²) >= 11 is 0. The largest absolute Gasteiger partial charge is 0.324 e. The van der Waals surface area contributed by atoms with Crippen LogP contribution in [-0.2, 0) is 6.42 Å². The molecule has 5 heteroatoms. The normalized spacial score (nSPS) is 12.5. The van der Waals surface area contributed by atoms with Crippen LogP contribution in [0.2, 0.25) is 0 Å². The summed E-state index contributed by atoms with van der Waals surface area (Å²) in [7, 11) is 0. The van der Waals surface area contributed by atoms with Gasteiger partial charge in [-0.25, -0.2) is 17.6 Å². The van der Waals surface area contributed by atoms with Gasteiger partial charge in [0.05, 0.1) is 0 Å². The predicted octanol–water partition coefficient (Wildman–Crippen LogP) is 3.79. The van der Waals surface area contributed by atoms with E-state index in [1.807, 2.05) is 0 Å². The molecule has 0 radical (unpaired) electrons. The number of hydrogen-bond acceptors (Lipinski definition) is 1. The van der Waals surface area contributed by atoms with Gasteiger partial charge in [0.15, 0.2) is 17.5 Å². The lowest BCUT2D eigenvalue weighted by atomic mass is 9.96. The molecule has 0 spiro atoms. The molecular weight excluding hydrogens is 270 g/mol. The molecule has 0 aliphatic rings. The minimum atomic E-state index is -1.53. The molecule has 2 aromatic rings. The summed E-state index contributed by atoms with van der Waals surface area (Å²) in [6.45, 7) is 1.70. The number of rotatable bonds is 3. The Labute approximate surface area is 114 Å². The lowest BCUT2D eigenvalue weighted by Gasteiger charge is -2.15. The van der Waals surface area contributed by atoms with Crippen molar-refractivity contribution < 1.29 is 17.6 Å². The average Bonchev–Trinajstić information content (AvgIpc) is 2.39. The average molecular weight is 283 g/mol. The Morgan fingerprint density at radius 1 is 1.00 bits per heavy atom. The van der Waals surface area contributed by atoms with Crippen LogP contribution in [0.5, 0.6) is 0 Å². The highest BCUT2D eigenvalue weighted by molar-refractivity contribution is 5.30. The maximum Gasteiger partial charge on any atom is 0.194 e. The number of hydrogen-bond donors (Lipinski definition) is 1. The molecular formula is C15H13F4N. The molecule has 2 aromatic carbocycles. The Kier molecular flexibility index (Phi) is 4.09. The predicted molar refractivity (Wildman–Crippen MR) is 68.1 cm³/mol. The molecule has 1 unspecified atom stereocenters. The van der Waals surface area contributed by atoms with Gasteiger partial charge in [-0.2, -0.15) is 0 Å². The summed E-state index contributed by atoms with van der Waals surface area (Å²) in [5.74, 6) is -4.44. The molecule has 2 N–H and O–H groups in total. The van der Waals surface area contributed by atoms with Crippen LogP contribution < -0.4 is 5.73 Å². The third-order valence-electron chi connectivity index (χ3n) is 3.21. The molecule has 106 valence electrons. The number of benzene rings is 2. The van der Waals surface area contributed by atoms with Gasteiger partial charge in [-0.05, 0) is 42.7 Å². The molecule has 0 aliphatic heterocycles. The van der Waals surface area contributed by atoms with Crippen LogP contribution >= 0.6 is 0 Å². The van der Waals surface area contributed by atoms with E-state index in [4.69, 9.17) is 5.73 Å². The molecule has 1 nitrogen and oxygen atoms in total. The van der Waals surface area contributed by atoms with Crippen molar-refractivity contribution in [2.75, 3.05) is 0 Å². The fraction of sp³-hybridized carbons (Fsp3) is 0.200. The van der Waals surface area contributed by atoms with Crippen molar-refractivity contribution >= 4 is 0 Å². The van der Waals surface area contributed by atoms with Gasteiger partial charge in [0.2, 0.25) is 0 Å². The zero-order valence-electron chi connectivity index (χ0n) is 10.8. The first-order valence-electron chi connectivity index (χ1n) is 6.04. The van der Waals surface area contributed by atoms with Crippen molar-refractivity contribution in [1.82, 2.24) is 0 Å². The fourth-order valence-electron chi connectivity index (χ4n) is 2.06. The van der Waals surface area contributed by atoms with Crippen LogP contribution in [-0.4, -0.2) is 0 Å². The van der Waals surface area contributed by atoms with Gasteiger partial charge < -0.3 is 5.73 Å². The third kappa shape index (κ3) is 2.82. The van der Waals surface area contributed by atoms with Crippen LogP contribution in [0, 0.1) is 30.2 Å².